The molecule has 0 bridgehead atoms. The smallest absolute Gasteiger partial charge is 0.0649 e. The van der Waals surface area contributed by atoms with Crippen molar-refractivity contribution in [2.24, 2.45) is 0 Å². The van der Waals surface area contributed by atoms with E-state index in [-0.39, 0.29) is 0 Å². The summed E-state index contributed by atoms with van der Waals surface area (Å²) in [5.74, 6) is 0. The van der Waals surface area contributed by atoms with E-state index in [9.17, 15) is 5.41 Å². The summed E-state index contributed by atoms with van der Waals surface area (Å²) in [4.78, 5) is 2.27. The van der Waals surface area contributed by atoms with Crippen LogP contribution in [0.1, 0.15) is 52.8 Å². The maximum atomic E-state index is 9.19. The van der Waals surface area contributed by atoms with Gasteiger partial charge < -0.3 is 20.2 Å². The third-order valence-corrected chi connectivity index (χ3v) is 10.3. The van der Waals surface area contributed by atoms with Gasteiger partial charge in [0.1, 0.15) is 0 Å². The van der Waals surface area contributed by atoms with Crippen molar-refractivity contribution in [2.45, 2.75) is 41.5 Å². The van der Waals surface area contributed by atoms with Crippen molar-refractivity contribution < 1.29 is 0 Å². The summed E-state index contributed by atoms with van der Waals surface area (Å²) in [6.07, 6.45) is 14.0. The third-order valence-electron chi connectivity index (χ3n) is 10.3. The standard InChI is InChI=1S/C49H36N4.C6H10.2C2H6/c50-47-30-29-45-44-23-13-14-24-48(44)53(43-27-25-42(26-28-43)52(40-19-9-3-10-20-40)41-21-11-4-12-22-41)49(45)46(47)34-51-39-32-37(35-15-5-1-6-16-35)31-38(33-39)36-17-7-2-8-18-36;1-3-5-6-4-2;2*1-2/h1-34,50-51H;3-6H,1-2H3;2*1-2H3/b46-34+,50-47?;5-3-,6-4-;;. The van der Waals surface area contributed by atoms with Crippen LogP contribution in [0.25, 0.3) is 50.5 Å². The lowest BCUT2D eigenvalue weighted by atomic mass is 9.95. The molecule has 1 aromatic heterocycles. The van der Waals surface area contributed by atoms with Gasteiger partial charge in [-0.3, -0.25) is 0 Å². The second-order valence-corrected chi connectivity index (χ2v) is 14.2. The van der Waals surface area contributed by atoms with Gasteiger partial charge in [-0.15, -0.1) is 0 Å². The molecule has 1 heterocycles. The highest BCUT2D eigenvalue weighted by molar-refractivity contribution is 6.32. The number of hydrogen-bond donors (Lipinski definition) is 2. The van der Waals surface area contributed by atoms with Crippen LogP contribution in [-0.2, 0) is 0 Å². The SMILES string of the molecule is C/C=C\C=C/C.CC.CC.N=C1C=Cc2c(n(-c3ccc(N(c4ccccc4)c4ccccc4)cc3)c3ccccc23)/C1=C/Nc1cc(-c2ccccc2)cc(-c2ccccc2)c1. The number of anilines is 4. The lowest BCUT2D eigenvalue weighted by molar-refractivity contribution is 1.09. The summed E-state index contributed by atoms with van der Waals surface area (Å²) >= 11 is 0. The Labute approximate surface area is 375 Å². The Morgan fingerprint density at radius 1 is 0.492 bits per heavy atom. The van der Waals surface area contributed by atoms with Crippen LogP contribution in [0.5, 0.6) is 0 Å². The quantitative estimate of drug-likeness (QED) is 0.142. The molecular weight excluding hydrogens is 765 g/mol. The van der Waals surface area contributed by atoms with Crippen LogP contribution in [0.4, 0.5) is 22.7 Å². The molecule has 0 aliphatic heterocycles. The predicted molar refractivity (Wildman–Crippen MR) is 276 cm³/mol. The molecule has 0 amide bonds. The molecule has 4 nitrogen and oxygen atoms in total. The number of fused-ring (bicyclic) bond motifs is 3. The van der Waals surface area contributed by atoms with Crippen molar-refractivity contribution in [2.75, 3.05) is 10.2 Å². The number of para-hydroxylation sites is 3. The second kappa shape index (κ2) is 22.8. The van der Waals surface area contributed by atoms with Crippen LogP contribution >= 0.6 is 0 Å². The molecule has 4 heteroatoms. The molecule has 0 saturated carbocycles. The van der Waals surface area contributed by atoms with Crippen molar-refractivity contribution in [1.29, 1.82) is 5.41 Å². The fourth-order valence-corrected chi connectivity index (χ4v) is 7.53. The first-order valence-corrected chi connectivity index (χ1v) is 22.0. The first-order valence-electron chi connectivity index (χ1n) is 22.0. The van der Waals surface area contributed by atoms with Crippen molar-refractivity contribution >= 4 is 51.0 Å². The molecule has 314 valence electrons. The summed E-state index contributed by atoms with van der Waals surface area (Å²) in [5, 5.41) is 14.0. The Morgan fingerprint density at radius 3 is 1.46 bits per heavy atom. The molecule has 0 atom stereocenters. The number of hydrogen-bond acceptors (Lipinski definition) is 3. The van der Waals surface area contributed by atoms with E-state index in [1.54, 1.807) is 0 Å². The van der Waals surface area contributed by atoms with Gasteiger partial charge in [-0.25, -0.2) is 0 Å². The molecule has 63 heavy (non-hydrogen) atoms. The van der Waals surface area contributed by atoms with Gasteiger partial charge in [0.2, 0.25) is 0 Å². The minimum Gasteiger partial charge on any atom is -0.361 e. The fraction of sp³-hybridized carbons (Fsp3) is 0.102. The van der Waals surface area contributed by atoms with E-state index in [0.29, 0.717) is 5.71 Å². The molecule has 0 unspecified atom stereocenters. The van der Waals surface area contributed by atoms with E-state index >= 15 is 0 Å². The van der Waals surface area contributed by atoms with Gasteiger partial charge in [-0.2, -0.15) is 0 Å². The summed E-state index contributed by atoms with van der Waals surface area (Å²) in [6, 6.07) is 65.7. The Hall–Kier alpha value is -7.69. The summed E-state index contributed by atoms with van der Waals surface area (Å²) < 4.78 is 2.30. The average molecular weight is 823 g/mol. The molecular formula is C59H58N4. The largest absolute Gasteiger partial charge is 0.361 e. The van der Waals surface area contributed by atoms with Crippen molar-refractivity contribution in [3.8, 4) is 27.9 Å². The molecule has 0 saturated heterocycles. The molecule has 9 rings (SSSR count). The van der Waals surface area contributed by atoms with Gasteiger partial charge in [0, 0.05) is 51.2 Å². The van der Waals surface area contributed by atoms with Crippen molar-refractivity contribution in [1.82, 2.24) is 4.57 Å². The highest BCUT2D eigenvalue weighted by Crippen LogP contribution is 2.40. The molecule has 0 radical (unpaired) electrons. The van der Waals surface area contributed by atoms with E-state index in [4.69, 9.17) is 0 Å². The maximum Gasteiger partial charge on any atom is 0.0649 e. The normalized spacial score (nSPS) is 12.2. The van der Waals surface area contributed by atoms with Crippen LogP contribution in [0.3, 0.4) is 0 Å². The van der Waals surface area contributed by atoms with E-state index < -0.39 is 0 Å². The molecule has 1 aliphatic rings. The second-order valence-electron chi connectivity index (χ2n) is 14.2. The van der Waals surface area contributed by atoms with Gasteiger partial charge >= 0.3 is 0 Å². The molecule has 1 aliphatic carbocycles. The third kappa shape index (κ3) is 10.6. The highest BCUT2D eigenvalue weighted by Gasteiger charge is 2.25. The Bertz CT molecular complexity index is 2690. The number of allylic oxidation sites excluding steroid dienone is 6. The van der Waals surface area contributed by atoms with Crippen molar-refractivity contribution in [3.05, 3.63) is 236 Å². The zero-order chi connectivity index (χ0) is 44.4. The minimum absolute atomic E-state index is 0.451. The van der Waals surface area contributed by atoms with Crippen LogP contribution in [0.2, 0.25) is 0 Å². The van der Waals surface area contributed by atoms with E-state index in [1.807, 2.05) is 102 Å². The topological polar surface area (TPSA) is 44.1 Å². The summed E-state index contributed by atoms with van der Waals surface area (Å²) in [7, 11) is 0. The fourth-order valence-electron chi connectivity index (χ4n) is 7.53. The number of nitrogens with one attached hydrogen (secondary N) is 2. The number of rotatable bonds is 9. The first-order chi connectivity index (χ1) is 31.1. The monoisotopic (exact) mass is 822 g/mol. The van der Waals surface area contributed by atoms with Gasteiger partial charge in [-0.1, -0.05) is 173 Å². The molecule has 0 spiro atoms. The molecule has 2 N–H and O–H groups in total. The van der Waals surface area contributed by atoms with E-state index in [2.05, 4.69) is 185 Å². The van der Waals surface area contributed by atoms with Crippen LogP contribution < -0.4 is 10.2 Å². The Balaban J connectivity index is 0.000000604. The van der Waals surface area contributed by atoms with Crippen molar-refractivity contribution in [3.63, 3.8) is 0 Å². The maximum absolute atomic E-state index is 9.19. The number of aromatic nitrogens is 1. The van der Waals surface area contributed by atoms with Gasteiger partial charge in [0.05, 0.1) is 16.9 Å². The number of nitrogens with zero attached hydrogens (tertiary/aromatic N) is 2. The zero-order valence-corrected chi connectivity index (χ0v) is 37.3. The predicted octanol–water partition coefficient (Wildman–Crippen LogP) is 17.1. The van der Waals surface area contributed by atoms with Gasteiger partial charge in [0.15, 0.2) is 0 Å². The zero-order valence-electron chi connectivity index (χ0n) is 37.3. The summed E-state index contributed by atoms with van der Waals surface area (Å²) in [6.45, 7) is 12.0. The summed E-state index contributed by atoms with van der Waals surface area (Å²) in [5.41, 5.74) is 14.3. The first kappa shape index (κ1) is 44.9. The molecule has 7 aromatic carbocycles. The van der Waals surface area contributed by atoms with Crippen LogP contribution in [0, 0.1) is 5.41 Å². The average Bonchev–Trinajstić information content (AvgIpc) is 3.70. The lowest BCUT2D eigenvalue weighted by Gasteiger charge is -2.26. The van der Waals surface area contributed by atoms with Crippen LogP contribution in [0.15, 0.2) is 225 Å². The minimum atomic E-state index is 0.451. The van der Waals surface area contributed by atoms with Crippen LogP contribution in [-0.4, -0.2) is 10.3 Å². The Morgan fingerprint density at radius 2 is 0.952 bits per heavy atom. The van der Waals surface area contributed by atoms with Gasteiger partial charge in [0.25, 0.3) is 0 Å². The molecule has 0 fully saturated rings. The van der Waals surface area contributed by atoms with E-state index in [1.165, 1.54) is 0 Å². The Kier molecular flexibility index (Phi) is 16.2. The molecule has 8 aromatic rings. The van der Waals surface area contributed by atoms with E-state index in [0.717, 1.165) is 78.4 Å². The lowest BCUT2D eigenvalue weighted by Crippen LogP contribution is -2.11. The highest BCUT2D eigenvalue weighted by atomic mass is 15.1. The number of benzene rings is 7. The van der Waals surface area contributed by atoms with Gasteiger partial charge in [-0.05, 0) is 115 Å².